The first-order valence-corrected chi connectivity index (χ1v) is 3.25. The first-order valence-electron chi connectivity index (χ1n) is 2.62. The lowest BCUT2D eigenvalue weighted by Crippen LogP contribution is -1.98. The predicted molar refractivity (Wildman–Crippen MR) is 32.8 cm³/mol. The topological polar surface area (TPSA) is 9.23 Å². The minimum Gasteiger partial charge on any atom is -0.381 e. The van der Waals surface area contributed by atoms with Gasteiger partial charge in [-0.25, -0.2) is 0 Å². The molecule has 42 valence electrons. The summed E-state index contributed by atoms with van der Waals surface area (Å²) in [6, 6.07) is 0. The Labute approximate surface area is 49.5 Å². The maximum atomic E-state index is 5.10. The van der Waals surface area contributed by atoms with Crippen LogP contribution in [-0.4, -0.2) is 19.0 Å². The molecule has 1 aliphatic heterocycles. The van der Waals surface area contributed by atoms with Crippen LogP contribution in [0.1, 0.15) is 6.42 Å². The Balaban J connectivity index is 2.14. The fourth-order valence-corrected chi connectivity index (χ4v) is 1.02. The van der Waals surface area contributed by atoms with Gasteiger partial charge in [0.1, 0.15) is 0 Å². The van der Waals surface area contributed by atoms with Crippen LogP contribution in [0.15, 0.2) is 0 Å². The van der Waals surface area contributed by atoms with Crippen molar-refractivity contribution < 1.29 is 4.74 Å². The average molecular weight is 118 g/mol. The highest BCUT2D eigenvalue weighted by Gasteiger charge is 2.12. The van der Waals surface area contributed by atoms with Crippen LogP contribution in [0.25, 0.3) is 0 Å². The quantitative estimate of drug-likeness (QED) is 0.504. The molecule has 0 spiro atoms. The van der Waals surface area contributed by atoms with E-state index in [-0.39, 0.29) is 0 Å². The monoisotopic (exact) mass is 118 g/mol. The van der Waals surface area contributed by atoms with Gasteiger partial charge in [0, 0.05) is 6.61 Å². The Morgan fingerprint density at radius 2 is 2.57 bits per heavy atom. The van der Waals surface area contributed by atoms with E-state index in [9.17, 15) is 0 Å². The summed E-state index contributed by atoms with van der Waals surface area (Å²) in [6.45, 7) is 1.88. The molecule has 0 radical (unpaired) electrons. The fraction of sp³-hybridized carbons (Fsp3) is 1.00. The number of ether oxygens (including phenoxy) is 1. The molecule has 1 heterocycles. The normalized spacial score (nSPS) is 31.3. The highest BCUT2D eigenvalue weighted by atomic mass is 32.1. The van der Waals surface area contributed by atoms with Gasteiger partial charge in [-0.2, -0.15) is 12.6 Å². The van der Waals surface area contributed by atoms with E-state index in [4.69, 9.17) is 4.74 Å². The second-order valence-electron chi connectivity index (χ2n) is 1.91. The molecule has 1 saturated heterocycles. The van der Waals surface area contributed by atoms with Crippen molar-refractivity contribution in [1.29, 1.82) is 0 Å². The zero-order valence-electron chi connectivity index (χ0n) is 4.26. The molecule has 1 unspecified atom stereocenters. The van der Waals surface area contributed by atoms with Crippen LogP contribution >= 0.6 is 12.6 Å². The van der Waals surface area contributed by atoms with E-state index in [2.05, 4.69) is 12.6 Å². The van der Waals surface area contributed by atoms with E-state index in [1.165, 1.54) is 6.42 Å². The van der Waals surface area contributed by atoms with Gasteiger partial charge in [-0.1, -0.05) is 0 Å². The van der Waals surface area contributed by atoms with Crippen molar-refractivity contribution in [3.05, 3.63) is 0 Å². The van der Waals surface area contributed by atoms with Gasteiger partial charge in [-0.3, -0.25) is 0 Å². The SMILES string of the molecule is SCC1CCOC1. The van der Waals surface area contributed by atoms with Crippen LogP contribution in [-0.2, 0) is 4.74 Å². The molecular weight excluding hydrogens is 108 g/mol. The molecule has 0 bridgehead atoms. The number of rotatable bonds is 1. The van der Waals surface area contributed by atoms with Crippen LogP contribution in [0.5, 0.6) is 0 Å². The summed E-state index contributed by atoms with van der Waals surface area (Å²) in [5, 5.41) is 0. The molecule has 1 nitrogen and oxygen atoms in total. The molecule has 0 amide bonds. The molecule has 0 N–H and O–H groups in total. The van der Waals surface area contributed by atoms with E-state index < -0.39 is 0 Å². The average Bonchev–Trinajstić information content (AvgIpc) is 2.14. The smallest absolute Gasteiger partial charge is 0.0502 e. The highest BCUT2D eigenvalue weighted by Crippen LogP contribution is 2.12. The summed E-state index contributed by atoms with van der Waals surface area (Å²) < 4.78 is 5.10. The Hall–Kier alpha value is 0.310. The van der Waals surface area contributed by atoms with Gasteiger partial charge >= 0.3 is 0 Å². The molecule has 2 heteroatoms. The Morgan fingerprint density at radius 3 is 2.86 bits per heavy atom. The Bertz CT molecular complexity index is 50.0. The zero-order valence-corrected chi connectivity index (χ0v) is 5.16. The molecule has 7 heavy (non-hydrogen) atoms. The Morgan fingerprint density at radius 1 is 1.71 bits per heavy atom. The molecule has 1 atom stereocenters. The lowest BCUT2D eigenvalue weighted by Gasteiger charge is -1.96. The van der Waals surface area contributed by atoms with E-state index in [0.717, 1.165) is 24.9 Å². The summed E-state index contributed by atoms with van der Waals surface area (Å²) in [7, 11) is 0. The maximum Gasteiger partial charge on any atom is 0.0502 e. The van der Waals surface area contributed by atoms with Gasteiger partial charge in [0.15, 0.2) is 0 Å². The lowest BCUT2D eigenvalue weighted by atomic mass is 10.2. The minimum atomic E-state index is 0.739. The molecule has 0 saturated carbocycles. The standard InChI is InChI=1S/C5H10OS/c7-4-5-1-2-6-3-5/h5,7H,1-4H2. The van der Waals surface area contributed by atoms with Gasteiger partial charge in [0.25, 0.3) is 0 Å². The van der Waals surface area contributed by atoms with Crippen LogP contribution in [0.3, 0.4) is 0 Å². The lowest BCUT2D eigenvalue weighted by molar-refractivity contribution is 0.189. The molecule has 1 aliphatic rings. The van der Waals surface area contributed by atoms with Crippen molar-refractivity contribution in [2.24, 2.45) is 5.92 Å². The summed E-state index contributed by atoms with van der Waals surface area (Å²) in [4.78, 5) is 0. The molecule has 1 fully saturated rings. The molecule has 0 aliphatic carbocycles. The van der Waals surface area contributed by atoms with E-state index >= 15 is 0 Å². The molecule has 1 rings (SSSR count). The molecular formula is C5H10OS. The third-order valence-corrected chi connectivity index (χ3v) is 1.80. The summed E-state index contributed by atoms with van der Waals surface area (Å²) in [5.74, 6) is 1.73. The van der Waals surface area contributed by atoms with E-state index in [1.807, 2.05) is 0 Å². The number of hydrogen-bond acceptors (Lipinski definition) is 2. The predicted octanol–water partition coefficient (Wildman–Crippen LogP) is 0.953. The van der Waals surface area contributed by atoms with Crippen molar-refractivity contribution in [3.8, 4) is 0 Å². The van der Waals surface area contributed by atoms with Crippen LogP contribution < -0.4 is 0 Å². The minimum absolute atomic E-state index is 0.739. The van der Waals surface area contributed by atoms with E-state index in [1.54, 1.807) is 0 Å². The van der Waals surface area contributed by atoms with Gasteiger partial charge in [-0.15, -0.1) is 0 Å². The zero-order chi connectivity index (χ0) is 5.11. The maximum absolute atomic E-state index is 5.10. The number of hydrogen-bond donors (Lipinski definition) is 1. The molecule has 0 aromatic carbocycles. The molecule has 0 aromatic rings. The summed E-state index contributed by atoms with van der Waals surface area (Å²) in [6.07, 6.45) is 1.21. The number of thiol groups is 1. The van der Waals surface area contributed by atoms with Crippen LogP contribution in [0, 0.1) is 5.92 Å². The third kappa shape index (κ3) is 1.35. The van der Waals surface area contributed by atoms with Crippen molar-refractivity contribution in [2.75, 3.05) is 19.0 Å². The molecule has 0 aromatic heterocycles. The summed E-state index contributed by atoms with van der Waals surface area (Å²) >= 11 is 4.14. The third-order valence-electron chi connectivity index (χ3n) is 1.28. The van der Waals surface area contributed by atoms with Gasteiger partial charge < -0.3 is 4.74 Å². The van der Waals surface area contributed by atoms with Gasteiger partial charge in [0.2, 0.25) is 0 Å². The van der Waals surface area contributed by atoms with Crippen molar-refractivity contribution in [2.45, 2.75) is 6.42 Å². The van der Waals surface area contributed by atoms with Crippen LogP contribution in [0.4, 0.5) is 0 Å². The Kier molecular flexibility index (Phi) is 2.00. The second-order valence-corrected chi connectivity index (χ2v) is 2.28. The van der Waals surface area contributed by atoms with Gasteiger partial charge in [-0.05, 0) is 18.1 Å². The second kappa shape index (κ2) is 2.58. The first kappa shape index (κ1) is 5.45. The van der Waals surface area contributed by atoms with E-state index in [0.29, 0.717) is 0 Å². The van der Waals surface area contributed by atoms with Crippen molar-refractivity contribution >= 4 is 12.6 Å². The van der Waals surface area contributed by atoms with Gasteiger partial charge in [0.05, 0.1) is 6.61 Å². The van der Waals surface area contributed by atoms with Crippen molar-refractivity contribution in [1.82, 2.24) is 0 Å². The highest BCUT2D eigenvalue weighted by molar-refractivity contribution is 7.80. The summed E-state index contributed by atoms with van der Waals surface area (Å²) in [5.41, 5.74) is 0. The van der Waals surface area contributed by atoms with Crippen LogP contribution in [0.2, 0.25) is 0 Å². The first-order chi connectivity index (χ1) is 3.43. The fourth-order valence-electron chi connectivity index (χ4n) is 0.727. The van der Waals surface area contributed by atoms with Crippen molar-refractivity contribution in [3.63, 3.8) is 0 Å². The largest absolute Gasteiger partial charge is 0.381 e.